The maximum Gasteiger partial charge on any atom is 0.302 e. The summed E-state index contributed by atoms with van der Waals surface area (Å²) in [5, 5.41) is 0. The van der Waals surface area contributed by atoms with Gasteiger partial charge in [-0.15, -0.1) is 0 Å². The molecule has 5 aliphatic rings. The molecule has 0 aromatic heterocycles. The number of ether oxygens (including phenoxy) is 4. The van der Waals surface area contributed by atoms with Crippen molar-refractivity contribution in [2.75, 3.05) is 13.2 Å². The van der Waals surface area contributed by atoms with Gasteiger partial charge in [-0.3, -0.25) is 19.2 Å². The van der Waals surface area contributed by atoms with Crippen molar-refractivity contribution in [3.05, 3.63) is 11.6 Å². The monoisotopic (exact) mass is 642 g/mol. The van der Waals surface area contributed by atoms with Crippen LogP contribution in [0.4, 0.5) is 0 Å². The summed E-state index contributed by atoms with van der Waals surface area (Å²) in [5.41, 5.74) is 0.492. The van der Waals surface area contributed by atoms with Gasteiger partial charge in [-0.2, -0.15) is 0 Å². The van der Waals surface area contributed by atoms with E-state index in [-0.39, 0.29) is 81.6 Å². The Balaban J connectivity index is 1.54. The van der Waals surface area contributed by atoms with E-state index >= 15 is 0 Å². The maximum absolute atomic E-state index is 12.4. The lowest BCUT2D eigenvalue weighted by Gasteiger charge is -2.71. The SMILES string of the molecule is CC(=O)OC[C@]1(C)C[C@@H](OC(C)=O)[C@]2(C)CC[C@]3(C)C(=CC[C@@H]4[C@@]5(C)CC[C@H](OC(C)=O)[C@](C)(COC(C)=O)C5CC[C@]43C)[C@@H]2C1. The van der Waals surface area contributed by atoms with Crippen molar-refractivity contribution >= 4 is 23.9 Å². The van der Waals surface area contributed by atoms with E-state index < -0.39 is 5.41 Å². The first-order valence-corrected chi connectivity index (χ1v) is 17.6. The number of hydrogen-bond acceptors (Lipinski definition) is 8. The van der Waals surface area contributed by atoms with E-state index in [4.69, 9.17) is 18.9 Å². The molecule has 0 bridgehead atoms. The van der Waals surface area contributed by atoms with Gasteiger partial charge < -0.3 is 18.9 Å². The van der Waals surface area contributed by atoms with Crippen LogP contribution in [0.5, 0.6) is 0 Å². The smallest absolute Gasteiger partial charge is 0.302 e. The van der Waals surface area contributed by atoms with E-state index in [2.05, 4.69) is 47.6 Å². The lowest BCUT2D eigenvalue weighted by Crippen LogP contribution is -2.66. The Kier molecular flexibility index (Phi) is 8.85. The minimum Gasteiger partial charge on any atom is -0.465 e. The second-order valence-corrected chi connectivity index (χ2v) is 17.4. The van der Waals surface area contributed by atoms with Gasteiger partial charge in [-0.25, -0.2) is 0 Å². The lowest BCUT2D eigenvalue weighted by molar-refractivity contribution is -0.229. The number of rotatable bonds is 6. The minimum absolute atomic E-state index is 0.0268. The van der Waals surface area contributed by atoms with Crippen LogP contribution in [0.15, 0.2) is 11.6 Å². The third-order valence-electron chi connectivity index (χ3n) is 14.5. The van der Waals surface area contributed by atoms with Gasteiger partial charge in [0.15, 0.2) is 0 Å². The van der Waals surface area contributed by atoms with Gasteiger partial charge in [0.25, 0.3) is 0 Å². The highest BCUT2D eigenvalue weighted by molar-refractivity contribution is 5.67. The Morgan fingerprint density at radius 3 is 1.89 bits per heavy atom. The Labute approximate surface area is 276 Å². The molecule has 0 heterocycles. The summed E-state index contributed by atoms with van der Waals surface area (Å²) in [4.78, 5) is 48.5. The van der Waals surface area contributed by atoms with Gasteiger partial charge >= 0.3 is 23.9 Å². The van der Waals surface area contributed by atoms with Crippen LogP contribution in [0.1, 0.15) is 127 Å². The third kappa shape index (κ3) is 5.41. The summed E-state index contributed by atoms with van der Waals surface area (Å²) in [6.45, 7) is 20.6. The number of carbonyl (C=O) groups excluding carboxylic acids is 4. The first kappa shape index (κ1) is 34.9. The fraction of sp³-hybridized carbons (Fsp3) is 0.842. The highest BCUT2D eigenvalue weighted by Gasteiger charge is 2.70. The van der Waals surface area contributed by atoms with Crippen LogP contribution < -0.4 is 0 Å². The fourth-order valence-corrected chi connectivity index (χ4v) is 11.9. The molecule has 11 atom stereocenters. The zero-order chi connectivity index (χ0) is 34.1. The van der Waals surface area contributed by atoms with E-state index in [0.29, 0.717) is 18.9 Å². The molecule has 4 fully saturated rings. The number of hydrogen-bond donors (Lipinski definition) is 0. The number of fused-ring (bicyclic) bond motifs is 7. The summed E-state index contributed by atoms with van der Waals surface area (Å²) in [6, 6.07) is 0. The van der Waals surface area contributed by atoms with Crippen molar-refractivity contribution < 1.29 is 38.1 Å². The Bertz CT molecular complexity index is 1310. The van der Waals surface area contributed by atoms with Gasteiger partial charge in [0.1, 0.15) is 18.8 Å². The van der Waals surface area contributed by atoms with Crippen molar-refractivity contribution in [2.24, 2.45) is 50.2 Å². The van der Waals surface area contributed by atoms with Gasteiger partial charge in [-0.05, 0) is 91.8 Å². The molecule has 0 amide bonds. The van der Waals surface area contributed by atoms with Crippen molar-refractivity contribution in [1.29, 1.82) is 0 Å². The van der Waals surface area contributed by atoms with E-state index in [1.54, 1.807) is 0 Å². The third-order valence-corrected chi connectivity index (χ3v) is 14.5. The number of allylic oxidation sites excluding steroid dienone is 2. The largest absolute Gasteiger partial charge is 0.465 e. The quantitative estimate of drug-likeness (QED) is 0.168. The van der Waals surface area contributed by atoms with E-state index in [1.165, 1.54) is 33.3 Å². The predicted molar refractivity (Wildman–Crippen MR) is 173 cm³/mol. The summed E-state index contributed by atoms with van der Waals surface area (Å²) in [7, 11) is 0. The fourth-order valence-electron chi connectivity index (χ4n) is 11.9. The molecule has 0 aliphatic heterocycles. The van der Waals surface area contributed by atoms with Gasteiger partial charge in [0.05, 0.1) is 6.61 Å². The molecule has 5 aliphatic carbocycles. The molecule has 0 aromatic carbocycles. The van der Waals surface area contributed by atoms with Gasteiger partial charge in [-0.1, -0.05) is 53.2 Å². The summed E-state index contributed by atoms with van der Waals surface area (Å²) in [5.74, 6) is -0.279. The predicted octanol–water partition coefficient (Wildman–Crippen LogP) is 7.37. The molecule has 0 radical (unpaired) electrons. The molecule has 1 unspecified atom stereocenters. The van der Waals surface area contributed by atoms with Gasteiger partial charge in [0, 0.05) is 43.9 Å². The van der Waals surface area contributed by atoms with Crippen LogP contribution in [0.25, 0.3) is 0 Å². The summed E-state index contributed by atoms with van der Waals surface area (Å²) < 4.78 is 23.4. The van der Waals surface area contributed by atoms with Crippen molar-refractivity contribution in [2.45, 2.75) is 139 Å². The summed E-state index contributed by atoms with van der Waals surface area (Å²) >= 11 is 0. The average molecular weight is 643 g/mol. The molecule has 5 rings (SSSR count). The zero-order valence-corrected chi connectivity index (χ0v) is 30.0. The summed E-state index contributed by atoms with van der Waals surface area (Å²) in [6.07, 6.45) is 10.3. The first-order valence-electron chi connectivity index (χ1n) is 17.6. The number of carbonyl (C=O) groups is 4. The Morgan fingerprint density at radius 2 is 1.28 bits per heavy atom. The maximum atomic E-state index is 12.4. The minimum atomic E-state index is -0.471. The van der Waals surface area contributed by atoms with E-state index in [1.807, 2.05) is 0 Å². The second kappa shape index (κ2) is 11.6. The van der Waals surface area contributed by atoms with Crippen LogP contribution in [-0.2, 0) is 38.1 Å². The van der Waals surface area contributed by atoms with Gasteiger partial charge in [0.2, 0.25) is 0 Å². The molecule has 46 heavy (non-hydrogen) atoms. The van der Waals surface area contributed by atoms with Crippen molar-refractivity contribution in [3.63, 3.8) is 0 Å². The molecule has 0 N–H and O–H groups in total. The molecular formula is C38H58O8. The van der Waals surface area contributed by atoms with E-state index in [9.17, 15) is 19.2 Å². The highest BCUT2D eigenvalue weighted by Crippen LogP contribution is 2.76. The molecule has 8 heteroatoms. The normalized spacial score (nSPS) is 46.2. The first-order chi connectivity index (χ1) is 21.2. The molecule has 8 nitrogen and oxygen atoms in total. The Morgan fingerprint density at radius 1 is 0.674 bits per heavy atom. The van der Waals surface area contributed by atoms with Crippen LogP contribution >= 0.6 is 0 Å². The topological polar surface area (TPSA) is 105 Å². The molecule has 0 saturated heterocycles. The second-order valence-electron chi connectivity index (χ2n) is 17.4. The van der Waals surface area contributed by atoms with E-state index in [0.717, 1.165) is 51.4 Å². The molecule has 258 valence electrons. The van der Waals surface area contributed by atoms with Crippen molar-refractivity contribution in [3.8, 4) is 0 Å². The molecular weight excluding hydrogens is 584 g/mol. The van der Waals surface area contributed by atoms with Crippen LogP contribution in [0.2, 0.25) is 0 Å². The average Bonchev–Trinajstić information content (AvgIpc) is 2.94. The highest BCUT2D eigenvalue weighted by atomic mass is 16.6. The molecule has 0 spiro atoms. The van der Waals surface area contributed by atoms with Crippen LogP contribution in [0, 0.1) is 50.2 Å². The molecule has 0 aromatic rings. The lowest BCUT2D eigenvalue weighted by atomic mass is 9.33. The van der Waals surface area contributed by atoms with Crippen LogP contribution in [0.3, 0.4) is 0 Å². The zero-order valence-electron chi connectivity index (χ0n) is 30.0. The van der Waals surface area contributed by atoms with Crippen LogP contribution in [-0.4, -0.2) is 49.3 Å². The standard InChI is InChI=1S/C38H58O8/c1-23(39)43-21-33(5)19-28-27-11-12-30-35(7)15-14-31(45-25(3)41)36(8,22-44-24(2)40)29(35)13-16-38(30,10)37(27,9)18-17-34(28,6)32(20-33)46-26(4)42/h11,28-32H,12-22H2,1-10H3/t28-,29?,30+,31-,32+,33-,34+,35-,36+,37+,38+/m0/s1. The number of esters is 4. The van der Waals surface area contributed by atoms with Crippen molar-refractivity contribution in [1.82, 2.24) is 0 Å². The Hall–Kier alpha value is -2.38. The molecule has 4 saturated carbocycles.